The minimum Gasteiger partial charge on any atom is -0.361 e. The van der Waals surface area contributed by atoms with Gasteiger partial charge in [0.05, 0.1) is 18.1 Å². The number of aliphatic hydroxyl groups is 1. The molecule has 1 spiro atoms. The van der Waals surface area contributed by atoms with Crippen molar-refractivity contribution in [3.05, 3.63) is 72.8 Å². The van der Waals surface area contributed by atoms with Crippen LogP contribution in [0.25, 0.3) is 11.4 Å². The summed E-state index contributed by atoms with van der Waals surface area (Å²) in [6.07, 6.45) is 10.4. The molecule has 1 saturated heterocycles. The Morgan fingerprint density at radius 3 is 2.25 bits per heavy atom. The molecular weight excluding hydrogens is 400 g/mol. The molecule has 7 heteroatoms. The topological polar surface area (TPSA) is 77.4 Å². The second kappa shape index (κ2) is 8.24. The summed E-state index contributed by atoms with van der Waals surface area (Å²) in [5, 5.41) is 14.3. The number of rotatable bonds is 4. The number of hydrogen-bond donors (Lipinski definition) is 2. The van der Waals surface area contributed by atoms with Gasteiger partial charge >= 0.3 is 0 Å². The molecule has 7 nitrogen and oxygen atoms in total. The Morgan fingerprint density at radius 2 is 1.62 bits per heavy atom. The summed E-state index contributed by atoms with van der Waals surface area (Å²) in [6, 6.07) is 14.6. The summed E-state index contributed by atoms with van der Waals surface area (Å²) in [4.78, 5) is 17.4. The number of hydrogen-bond acceptors (Lipinski definition) is 7. The third-order valence-electron chi connectivity index (χ3n) is 7.31. The van der Waals surface area contributed by atoms with Gasteiger partial charge in [-0.25, -0.2) is 9.97 Å². The van der Waals surface area contributed by atoms with Crippen LogP contribution in [0.4, 0.5) is 5.69 Å². The molecule has 0 radical (unpaired) electrons. The number of nitrogens with one attached hydrogen (secondary N) is 1. The van der Waals surface area contributed by atoms with Crippen LogP contribution in [-0.4, -0.2) is 57.5 Å². The quantitative estimate of drug-likeness (QED) is 0.659. The van der Waals surface area contributed by atoms with Crippen molar-refractivity contribution in [2.45, 2.75) is 43.1 Å². The van der Waals surface area contributed by atoms with Gasteiger partial charge in [-0.1, -0.05) is 30.3 Å². The van der Waals surface area contributed by atoms with E-state index in [4.69, 9.17) is 0 Å². The summed E-state index contributed by atoms with van der Waals surface area (Å²) in [7, 11) is 4.35. The molecule has 3 aromatic rings. The fraction of sp³-hybridized carbons (Fsp3) is 0.400. The lowest BCUT2D eigenvalue weighted by Crippen LogP contribution is -2.54. The standard InChI is InChI=1S/C25H30N6O/c1-30(2)25(20-6-4-3-5-7-20)12-10-24(11-13-25)18-31(23(32)29-24)21-16-27-22(28-17-21)19-8-14-26-15-9-19/h3-9,14-17,23,29,32H,10-13,18H2,1-2H3. The van der Waals surface area contributed by atoms with E-state index in [0.29, 0.717) is 5.82 Å². The van der Waals surface area contributed by atoms with Gasteiger partial charge in [-0.15, -0.1) is 0 Å². The lowest BCUT2D eigenvalue weighted by atomic mass is 9.69. The zero-order valence-electron chi connectivity index (χ0n) is 18.6. The molecule has 3 heterocycles. The first-order valence-electron chi connectivity index (χ1n) is 11.2. The Balaban J connectivity index is 1.32. The zero-order valence-corrected chi connectivity index (χ0v) is 18.6. The van der Waals surface area contributed by atoms with Crippen molar-refractivity contribution in [3.63, 3.8) is 0 Å². The van der Waals surface area contributed by atoms with Crippen molar-refractivity contribution in [2.24, 2.45) is 0 Å². The fourth-order valence-corrected chi connectivity index (χ4v) is 5.35. The van der Waals surface area contributed by atoms with Crippen LogP contribution >= 0.6 is 0 Å². The molecule has 0 bridgehead atoms. The zero-order chi connectivity index (χ0) is 22.2. The van der Waals surface area contributed by atoms with E-state index in [2.05, 4.69) is 69.6 Å². The Bertz CT molecular complexity index is 1030. The predicted octanol–water partition coefficient (Wildman–Crippen LogP) is 2.99. The van der Waals surface area contributed by atoms with Crippen molar-refractivity contribution >= 4 is 5.69 Å². The van der Waals surface area contributed by atoms with Crippen LogP contribution in [0.5, 0.6) is 0 Å². The maximum atomic E-state index is 10.8. The van der Waals surface area contributed by atoms with E-state index in [0.717, 1.165) is 43.5 Å². The van der Waals surface area contributed by atoms with Gasteiger partial charge < -0.3 is 10.0 Å². The van der Waals surface area contributed by atoms with Gasteiger partial charge in [-0.3, -0.25) is 15.2 Å². The van der Waals surface area contributed by atoms with Crippen LogP contribution in [0.1, 0.15) is 31.2 Å². The summed E-state index contributed by atoms with van der Waals surface area (Å²) in [5.41, 5.74) is 3.04. The Kier molecular flexibility index (Phi) is 5.41. The number of pyridine rings is 1. The van der Waals surface area contributed by atoms with E-state index < -0.39 is 6.35 Å². The molecule has 2 fully saturated rings. The van der Waals surface area contributed by atoms with E-state index in [-0.39, 0.29) is 11.1 Å². The maximum Gasteiger partial charge on any atom is 0.184 e. The molecule has 2 aromatic heterocycles. The molecule has 32 heavy (non-hydrogen) atoms. The molecule has 1 atom stereocenters. The third-order valence-corrected chi connectivity index (χ3v) is 7.31. The second-order valence-corrected chi connectivity index (χ2v) is 9.22. The number of nitrogens with zero attached hydrogens (tertiary/aromatic N) is 5. The van der Waals surface area contributed by atoms with Crippen LogP contribution in [0.2, 0.25) is 0 Å². The van der Waals surface area contributed by atoms with Crippen LogP contribution in [0.15, 0.2) is 67.3 Å². The first kappa shape index (κ1) is 21.0. The van der Waals surface area contributed by atoms with Crippen LogP contribution < -0.4 is 10.2 Å². The van der Waals surface area contributed by atoms with Crippen LogP contribution in [0.3, 0.4) is 0 Å². The molecule has 2 aliphatic rings. The van der Waals surface area contributed by atoms with E-state index in [1.165, 1.54) is 5.56 Å². The van der Waals surface area contributed by atoms with Gasteiger partial charge in [0.15, 0.2) is 12.2 Å². The number of benzene rings is 1. The van der Waals surface area contributed by atoms with Gasteiger partial charge in [0, 0.05) is 35.6 Å². The molecule has 1 aliphatic heterocycles. The molecule has 2 N–H and O–H groups in total. The molecule has 1 aromatic carbocycles. The molecule has 166 valence electrons. The minimum absolute atomic E-state index is 0.0296. The normalized spacial score (nSPS) is 27.9. The van der Waals surface area contributed by atoms with Gasteiger partial charge in [0.1, 0.15) is 0 Å². The van der Waals surface area contributed by atoms with E-state index >= 15 is 0 Å². The molecule has 1 unspecified atom stereocenters. The average Bonchev–Trinajstić information content (AvgIpc) is 3.16. The Morgan fingerprint density at radius 1 is 0.969 bits per heavy atom. The molecule has 1 saturated carbocycles. The highest BCUT2D eigenvalue weighted by molar-refractivity contribution is 5.56. The van der Waals surface area contributed by atoms with Gasteiger partial charge in [-0.05, 0) is 57.5 Å². The summed E-state index contributed by atoms with van der Waals surface area (Å²) < 4.78 is 0. The smallest absolute Gasteiger partial charge is 0.184 e. The number of aromatic nitrogens is 3. The Labute approximate surface area is 189 Å². The highest BCUT2D eigenvalue weighted by Gasteiger charge is 2.50. The molecule has 5 rings (SSSR count). The third kappa shape index (κ3) is 3.66. The molecule has 1 aliphatic carbocycles. The van der Waals surface area contributed by atoms with Crippen LogP contribution in [0, 0.1) is 0 Å². The first-order chi connectivity index (χ1) is 15.5. The fourth-order valence-electron chi connectivity index (χ4n) is 5.35. The van der Waals surface area contributed by atoms with Crippen molar-refractivity contribution in [3.8, 4) is 11.4 Å². The second-order valence-electron chi connectivity index (χ2n) is 9.22. The summed E-state index contributed by atoms with van der Waals surface area (Å²) in [5.74, 6) is 0.656. The van der Waals surface area contributed by atoms with Crippen LogP contribution in [-0.2, 0) is 5.54 Å². The van der Waals surface area contributed by atoms with Gasteiger partial charge in [-0.2, -0.15) is 0 Å². The lowest BCUT2D eigenvalue weighted by molar-refractivity contribution is 0.0513. The summed E-state index contributed by atoms with van der Waals surface area (Å²) >= 11 is 0. The minimum atomic E-state index is -0.742. The highest BCUT2D eigenvalue weighted by Crippen LogP contribution is 2.46. The summed E-state index contributed by atoms with van der Waals surface area (Å²) in [6.45, 7) is 0.741. The van der Waals surface area contributed by atoms with Gasteiger partial charge in [0.25, 0.3) is 0 Å². The highest BCUT2D eigenvalue weighted by atomic mass is 16.3. The van der Waals surface area contributed by atoms with Gasteiger partial charge in [0.2, 0.25) is 0 Å². The van der Waals surface area contributed by atoms with Crippen molar-refractivity contribution < 1.29 is 5.11 Å². The maximum absolute atomic E-state index is 10.8. The average molecular weight is 431 g/mol. The first-order valence-corrected chi connectivity index (χ1v) is 11.2. The van der Waals surface area contributed by atoms with Crippen molar-refractivity contribution in [1.82, 2.24) is 25.2 Å². The van der Waals surface area contributed by atoms with Crippen molar-refractivity contribution in [2.75, 3.05) is 25.5 Å². The SMILES string of the molecule is CN(C)C1(c2ccccc2)CCC2(CC1)CN(c1cnc(-c3ccncc3)nc1)C(O)N2. The predicted molar refractivity (Wildman–Crippen MR) is 125 cm³/mol. The largest absolute Gasteiger partial charge is 0.361 e. The Hall–Kier alpha value is -2.87. The van der Waals surface area contributed by atoms with Crippen molar-refractivity contribution in [1.29, 1.82) is 0 Å². The van der Waals surface area contributed by atoms with E-state index in [1.54, 1.807) is 24.8 Å². The van der Waals surface area contributed by atoms with E-state index in [1.807, 2.05) is 17.0 Å². The van der Waals surface area contributed by atoms with E-state index in [9.17, 15) is 5.11 Å². The molecule has 0 amide bonds. The monoisotopic (exact) mass is 430 g/mol. The number of anilines is 1. The molecular formula is C25H30N6O. The lowest BCUT2D eigenvalue weighted by Gasteiger charge is -2.49. The number of aliphatic hydroxyl groups excluding tert-OH is 1.